The van der Waals surface area contributed by atoms with E-state index in [0.717, 1.165) is 30.0 Å². The largest absolute Gasteiger partial charge is 0.490 e. The second-order valence-electron chi connectivity index (χ2n) is 6.49. The van der Waals surface area contributed by atoms with E-state index >= 15 is 0 Å². The van der Waals surface area contributed by atoms with E-state index in [-0.39, 0.29) is 11.8 Å². The predicted octanol–water partition coefficient (Wildman–Crippen LogP) is 1.73. The lowest BCUT2D eigenvalue weighted by molar-refractivity contribution is 0.297. The van der Waals surface area contributed by atoms with E-state index in [1.54, 1.807) is 0 Å². The normalized spacial score (nSPS) is 15.9. The molecular weight excluding hydrogens is 354 g/mol. The van der Waals surface area contributed by atoms with Crippen LogP contribution in [0.1, 0.15) is 32.3 Å². The molecule has 0 fully saturated rings. The molecule has 0 saturated carbocycles. The molecule has 0 aliphatic carbocycles. The minimum absolute atomic E-state index is 0.00584. The number of rotatable bonds is 7. The van der Waals surface area contributed by atoms with Gasteiger partial charge in [0.05, 0.1) is 25.5 Å². The van der Waals surface area contributed by atoms with E-state index in [1.165, 1.54) is 6.26 Å². The highest BCUT2D eigenvalue weighted by Crippen LogP contribution is 2.30. The van der Waals surface area contributed by atoms with Crippen LogP contribution in [0.5, 0.6) is 11.5 Å². The lowest BCUT2D eigenvalue weighted by Crippen LogP contribution is -2.42. The molecule has 0 spiro atoms. The van der Waals surface area contributed by atoms with Crippen LogP contribution in [0.25, 0.3) is 0 Å². The van der Waals surface area contributed by atoms with Gasteiger partial charge in [-0.05, 0) is 38.0 Å². The van der Waals surface area contributed by atoms with Crippen LogP contribution in [-0.2, 0) is 16.4 Å². The Morgan fingerprint density at radius 2 is 2.00 bits per heavy atom. The summed E-state index contributed by atoms with van der Waals surface area (Å²) in [5.74, 6) is 2.35. The molecule has 0 aromatic heterocycles. The van der Waals surface area contributed by atoms with Crippen molar-refractivity contribution in [1.82, 2.24) is 10.6 Å². The molecule has 1 aromatic carbocycles. The Kier molecular flexibility index (Phi) is 7.56. The summed E-state index contributed by atoms with van der Waals surface area (Å²) in [6.45, 7) is 6.49. The van der Waals surface area contributed by atoms with E-state index in [1.807, 2.05) is 32.0 Å². The van der Waals surface area contributed by atoms with Crippen LogP contribution in [0.4, 0.5) is 0 Å². The zero-order valence-corrected chi connectivity index (χ0v) is 16.6. The van der Waals surface area contributed by atoms with Crippen molar-refractivity contribution in [2.24, 2.45) is 4.99 Å². The quantitative estimate of drug-likeness (QED) is 0.551. The molecule has 1 aliphatic rings. The maximum atomic E-state index is 11.3. The molecule has 146 valence electrons. The second-order valence-corrected chi connectivity index (χ2v) is 8.75. The fourth-order valence-corrected chi connectivity index (χ4v) is 3.27. The van der Waals surface area contributed by atoms with Crippen LogP contribution in [0.15, 0.2) is 23.2 Å². The van der Waals surface area contributed by atoms with Crippen molar-refractivity contribution in [1.29, 1.82) is 0 Å². The van der Waals surface area contributed by atoms with Gasteiger partial charge in [0, 0.05) is 25.3 Å². The molecule has 1 aromatic rings. The Morgan fingerprint density at radius 3 is 2.69 bits per heavy atom. The van der Waals surface area contributed by atoms with E-state index in [4.69, 9.17) is 9.47 Å². The molecule has 7 nitrogen and oxygen atoms in total. The topological polar surface area (TPSA) is 89.0 Å². The molecule has 8 heteroatoms. The lowest BCUT2D eigenvalue weighted by atomic mass is 10.2. The third kappa shape index (κ3) is 7.11. The van der Waals surface area contributed by atoms with Gasteiger partial charge in [0.25, 0.3) is 0 Å². The average molecular weight is 384 g/mol. The molecule has 2 rings (SSSR count). The summed E-state index contributed by atoms with van der Waals surface area (Å²) in [6, 6.07) is 5.86. The van der Waals surface area contributed by atoms with E-state index in [2.05, 4.69) is 15.6 Å². The minimum Gasteiger partial charge on any atom is -0.490 e. The van der Waals surface area contributed by atoms with Crippen LogP contribution in [0.2, 0.25) is 0 Å². The molecule has 1 unspecified atom stereocenters. The summed E-state index contributed by atoms with van der Waals surface area (Å²) < 4.78 is 34.0. The Balaban J connectivity index is 1.98. The summed E-state index contributed by atoms with van der Waals surface area (Å²) in [5, 5.41) is 6.44. The summed E-state index contributed by atoms with van der Waals surface area (Å²) >= 11 is 0. The number of guanidine groups is 1. The standard InChI is InChI=1S/C18H29N3O4S/c1-4-19-18(21-14(2)8-11-26(3,22)23)20-13-15-6-7-16-17(12-15)25-10-5-9-24-16/h6-7,12,14H,4-5,8-11,13H2,1-3H3,(H2,19,20,21). The number of sulfone groups is 1. The molecule has 0 radical (unpaired) electrons. The van der Waals surface area contributed by atoms with Crippen LogP contribution >= 0.6 is 0 Å². The smallest absolute Gasteiger partial charge is 0.191 e. The predicted molar refractivity (Wildman–Crippen MR) is 104 cm³/mol. The van der Waals surface area contributed by atoms with Gasteiger partial charge in [0.1, 0.15) is 9.84 Å². The number of nitrogens with one attached hydrogen (secondary N) is 2. The molecule has 0 saturated heterocycles. The Morgan fingerprint density at radius 1 is 1.27 bits per heavy atom. The number of aliphatic imine (C=N–C) groups is 1. The maximum absolute atomic E-state index is 11.3. The van der Waals surface area contributed by atoms with Gasteiger partial charge in [0.2, 0.25) is 0 Å². The third-order valence-corrected chi connectivity index (χ3v) is 4.86. The summed E-state index contributed by atoms with van der Waals surface area (Å²) in [7, 11) is -2.96. The lowest BCUT2D eigenvalue weighted by Gasteiger charge is -2.17. The molecule has 2 N–H and O–H groups in total. The Bertz CT molecular complexity index is 719. The van der Waals surface area contributed by atoms with Gasteiger partial charge in [-0.15, -0.1) is 0 Å². The van der Waals surface area contributed by atoms with Crippen LogP contribution < -0.4 is 20.1 Å². The Labute approximate surface area is 156 Å². The zero-order valence-electron chi connectivity index (χ0n) is 15.7. The zero-order chi connectivity index (χ0) is 19.0. The molecule has 26 heavy (non-hydrogen) atoms. The molecule has 1 heterocycles. The molecule has 1 aliphatic heterocycles. The number of ether oxygens (including phenoxy) is 2. The fourth-order valence-electron chi connectivity index (χ4n) is 2.49. The molecule has 0 amide bonds. The van der Waals surface area contributed by atoms with Crippen molar-refractivity contribution in [3.63, 3.8) is 0 Å². The highest BCUT2D eigenvalue weighted by atomic mass is 32.2. The van der Waals surface area contributed by atoms with Crippen molar-refractivity contribution in [3.05, 3.63) is 23.8 Å². The number of nitrogens with zero attached hydrogens (tertiary/aromatic N) is 1. The number of fused-ring (bicyclic) bond motifs is 1. The highest BCUT2D eigenvalue weighted by Gasteiger charge is 2.12. The maximum Gasteiger partial charge on any atom is 0.191 e. The van der Waals surface area contributed by atoms with Gasteiger partial charge in [-0.2, -0.15) is 0 Å². The van der Waals surface area contributed by atoms with Crippen molar-refractivity contribution in [2.45, 2.75) is 39.3 Å². The van der Waals surface area contributed by atoms with Gasteiger partial charge >= 0.3 is 0 Å². The SMILES string of the molecule is CCNC(=NCc1ccc2c(c1)OCCCO2)NC(C)CCS(C)(=O)=O. The van der Waals surface area contributed by atoms with Crippen molar-refractivity contribution in [2.75, 3.05) is 31.8 Å². The van der Waals surface area contributed by atoms with Crippen molar-refractivity contribution >= 4 is 15.8 Å². The molecular formula is C18H29N3O4S. The highest BCUT2D eigenvalue weighted by molar-refractivity contribution is 7.90. The summed E-state index contributed by atoms with van der Waals surface area (Å²) in [4.78, 5) is 4.59. The van der Waals surface area contributed by atoms with Crippen LogP contribution in [-0.4, -0.2) is 52.2 Å². The van der Waals surface area contributed by atoms with E-state index < -0.39 is 9.84 Å². The minimum atomic E-state index is -2.96. The van der Waals surface area contributed by atoms with Gasteiger partial charge in [-0.3, -0.25) is 0 Å². The van der Waals surface area contributed by atoms with Gasteiger partial charge in [-0.25, -0.2) is 13.4 Å². The van der Waals surface area contributed by atoms with Gasteiger partial charge < -0.3 is 20.1 Å². The first kappa shape index (κ1) is 20.4. The molecule has 0 bridgehead atoms. The van der Waals surface area contributed by atoms with Crippen molar-refractivity contribution in [3.8, 4) is 11.5 Å². The van der Waals surface area contributed by atoms with Crippen LogP contribution in [0, 0.1) is 0 Å². The third-order valence-electron chi connectivity index (χ3n) is 3.88. The van der Waals surface area contributed by atoms with Crippen LogP contribution in [0.3, 0.4) is 0 Å². The first-order chi connectivity index (χ1) is 12.4. The van der Waals surface area contributed by atoms with Gasteiger partial charge in [0.15, 0.2) is 17.5 Å². The Hall–Kier alpha value is -1.96. The molecule has 1 atom stereocenters. The first-order valence-electron chi connectivity index (χ1n) is 8.98. The number of benzene rings is 1. The monoisotopic (exact) mass is 383 g/mol. The summed E-state index contributed by atoms with van der Waals surface area (Å²) in [5.41, 5.74) is 1.02. The second kappa shape index (κ2) is 9.66. The average Bonchev–Trinajstić information content (AvgIpc) is 2.82. The number of hydrogen-bond acceptors (Lipinski definition) is 5. The summed E-state index contributed by atoms with van der Waals surface area (Å²) in [6.07, 6.45) is 2.67. The van der Waals surface area contributed by atoms with Crippen molar-refractivity contribution < 1.29 is 17.9 Å². The van der Waals surface area contributed by atoms with E-state index in [9.17, 15) is 8.42 Å². The van der Waals surface area contributed by atoms with Gasteiger partial charge in [-0.1, -0.05) is 6.07 Å². The first-order valence-corrected chi connectivity index (χ1v) is 11.0. The fraction of sp³-hybridized carbons (Fsp3) is 0.611. The number of hydrogen-bond donors (Lipinski definition) is 2. The van der Waals surface area contributed by atoms with E-state index in [0.29, 0.717) is 32.1 Å².